The van der Waals surface area contributed by atoms with Crippen molar-refractivity contribution in [2.45, 2.75) is 6.04 Å². The van der Waals surface area contributed by atoms with Gasteiger partial charge in [0, 0.05) is 10.5 Å². The molecule has 1 aromatic carbocycles. The lowest BCUT2D eigenvalue weighted by atomic mass is 9.76. The highest BCUT2D eigenvalue weighted by atomic mass is 79.9. The van der Waals surface area contributed by atoms with E-state index in [1.54, 1.807) is 0 Å². The number of nitrogens with one attached hydrogen (secondary N) is 1. The standard InChI is InChI=1S/C12H16BrNO2/c1-14-11(12(6-15)7-16-8-12)9-4-2-3-5-10(9)13/h2-5,11,14-15H,6-8H2,1H3. The van der Waals surface area contributed by atoms with Crippen molar-refractivity contribution >= 4 is 15.9 Å². The Bertz CT molecular complexity index is 360. The molecule has 0 saturated carbocycles. The third-order valence-electron chi connectivity index (χ3n) is 3.21. The fraction of sp³-hybridized carbons (Fsp3) is 0.500. The topological polar surface area (TPSA) is 41.5 Å². The lowest BCUT2D eigenvalue weighted by Gasteiger charge is -2.46. The summed E-state index contributed by atoms with van der Waals surface area (Å²) in [7, 11) is 1.92. The van der Waals surface area contributed by atoms with E-state index in [-0.39, 0.29) is 18.1 Å². The van der Waals surface area contributed by atoms with E-state index in [1.807, 2.05) is 25.2 Å². The van der Waals surface area contributed by atoms with Gasteiger partial charge >= 0.3 is 0 Å². The molecule has 1 atom stereocenters. The third-order valence-corrected chi connectivity index (χ3v) is 3.93. The number of hydrogen-bond donors (Lipinski definition) is 2. The van der Waals surface area contributed by atoms with E-state index in [1.165, 1.54) is 5.56 Å². The van der Waals surface area contributed by atoms with E-state index >= 15 is 0 Å². The molecule has 88 valence electrons. The summed E-state index contributed by atoms with van der Waals surface area (Å²) in [5.41, 5.74) is 0.987. The smallest absolute Gasteiger partial charge is 0.0596 e. The first-order chi connectivity index (χ1) is 7.73. The van der Waals surface area contributed by atoms with Crippen LogP contribution >= 0.6 is 15.9 Å². The van der Waals surface area contributed by atoms with Crippen LogP contribution in [0, 0.1) is 5.41 Å². The molecule has 3 nitrogen and oxygen atoms in total. The molecule has 4 heteroatoms. The maximum absolute atomic E-state index is 9.55. The highest BCUT2D eigenvalue weighted by Crippen LogP contribution is 2.41. The lowest BCUT2D eigenvalue weighted by molar-refractivity contribution is -0.155. The molecule has 0 amide bonds. The molecule has 1 unspecified atom stereocenters. The Morgan fingerprint density at radius 1 is 1.50 bits per heavy atom. The second-order valence-corrected chi connectivity index (χ2v) is 5.11. The second-order valence-electron chi connectivity index (χ2n) is 4.26. The molecule has 0 aliphatic carbocycles. The van der Waals surface area contributed by atoms with Crippen LogP contribution in [-0.2, 0) is 4.74 Å². The number of benzene rings is 1. The molecular weight excluding hydrogens is 270 g/mol. The van der Waals surface area contributed by atoms with Crippen LogP contribution in [0.1, 0.15) is 11.6 Å². The van der Waals surface area contributed by atoms with Crippen LogP contribution in [0.15, 0.2) is 28.7 Å². The Labute approximate surface area is 104 Å². The Morgan fingerprint density at radius 3 is 2.62 bits per heavy atom. The minimum Gasteiger partial charge on any atom is -0.396 e. The number of aliphatic hydroxyl groups excluding tert-OH is 1. The molecule has 1 fully saturated rings. The van der Waals surface area contributed by atoms with E-state index in [0.717, 1.165) is 4.47 Å². The van der Waals surface area contributed by atoms with E-state index in [0.29, 0.717) is 13.2 Å². The van der Waals surface area contributed by atoms with Gasteiger partial charge in [-0.15, -0.1) is 0 Å². The van der Waals surface area contributed by atoms with Crippen LogP contribution in [0.2, 0.25) is 0 Å². The predicted molar refractivity (Wildman–Crippen MR) is 66.3 cm³/mol. The molecule has 0 spiro atoms. The molecule has 0 bridgehead atoms. The zero-order chi connectivity index (χ0) is 11.6. The van der Waals surface area contributed by atoms with E-state index in [9.17, 15) is 5.11 Å². The Balaban J connectivity index is 2.32. The first kappa shape index (κ1) is 12.0. The van der Waals surface area contributed by atoms with Crippen molar-refractivity contribution in [2.24, 2.45) is 5.41 Å². The highest BCUT2D eigenvalue weighted by molar-refractivity contribution is 9.10. The van der Waals surface area contributed by atoms with Crippen LogP contribution in [0.3, 0.4) is 0 Å². The minimum atomic E-state index is -0.182. The monoisotopic (exact) mass is 285 g/mol. The maximum atomic E-state index is 9.55. The molecule has 1 aliphatic rings. The summed E-state index contributed by atoms with van der Waals surface area (Å²) in [5, 5.41) is 12.8. The van der Waals surface area contributed by atoms with Crippen molar-refractivity contribution in [1.29, 1.82) is 0 Å². The quantitative estimate of drug-likeness (QED) is 0.885. The Hall–Kier alpha value is -0.420. The first-order valence-electron chi connectivity index (χ1n) is 5.34. The molecule has 2 N–H and O–H groups in total. The normalized spacial score (nSPS) is 20.2. The van der Waals surface area contributed by atoms with Gasteiger partial charge in [0.05, 0.1) is 25.2 Å². The van der Waals surface area contributed by atoms with Gasteiger partial charge in [0.2, 0.25) is 0 Å². The van der Waals surface area contributed by atoms with Gasteiger partial charge in [0.1, 0.15) is 0 Å². The lowest BCUT2D eigenvalue weighted by Crippen LogP contribution is -2.53. The molecule has 0 radical (unpaired) electrons. The van der Waals surface area contributed by atoms with Gasteiger partial charge in [-0.1, -0.05) is 34.1 Å². The van der Waals surface area contributed by atoms with E-state index in [4.69, 9.17) is 4.74 Å². The molecule has 2 rings (SSSR count). The molecule has 16 heavy (non-hydrogen) atoms. The second kappa shape index (κ2) is 4.84. The molecule has 1 heterocycles. The fourth-order valence-corrected chi connectivity index (χ4v) is 2.73. The summed E-state index contributed by atoms with van der Waals surface area (Å²) in [6.07, 6.45) is 0. The third kappa shape index (κ3) is 1.91. The number of halogens is 1. The Kier molecular flexibility index (Phi) is 3.64. The van der Waals surface area contributed by atoms with E-state index < -0.39 is 0 Å². The van der Waals surface area contributed by atoms with Crippen molar-refractivity contribution in [2.75, 3.05) is 26.9 Å². The summed E-state index contributed by atoms with van der Waals surface area (Å²) in [6.45, 7) is 1.35. The summed E-state index contributed by atoms with van der Waals surface area (Å²) in [6, 6.07) is 8.20. The molecule has 1 saturated heterocycles. The average molecular weight is 286 g/mol. The summed E-state index contributed by atoms with van der Waals surface area (Å²) in [5.74, 6) is 0. The van der Waals surface area contributed by atoms with Gasteiger partial charge in [0.25, 0.3) is 0 Å². The Morgan fingerprint density at radius 2 is 2.19 bits per heavy atom. The van der Waals surface area contributed by atoms with Gasteiger partial charge in [0.15, 0.2) is 0 Å². The summed E-state index contributed by atoms with van der Waals surface area (Å²) < 4.78 is 6.32. The SMILES string of the molecule is CNC(c1ccccc1Br)C1(CO)COC1. The van der Waals surface area contributed by atoms with Gasteiger partial charge in [-0.25, -0.2) is 0 Å². The summed E-state index contributed by atoms with van der Waals surface area (Å²) in [4.78, 5) is 0. The maximum Gasteiger partial charge on any atom is 0.0596 e. The number of ether oxygens (including phenoxy) is 1. The largest absolute Gasteiger partial charge is 0.396 e. The number of aliphatic hydroxyl groups is 1. The minimum absolute atomic E-state index is 0.113. The van der Waals surface area contributed by atoms with Crippen LogP contribution in [0.5, 0.6) is 0 Å². The zero-order valence-electron chi connectivity index (χ0n) is 9.24. The van der Waals surface area contributed by atoms with Crippen LogP contribution in [-0.4, -0.2) is 32.0 Å². The predicted octanol–water partition coefficient (Wildman–Crippen LogP) is 1.72. The van der Waals surface area contributed by atoms with Crippen LogP contribution < -0.4 is 5.32 Å². The summed E-state index contributed by atoms with van der Waals surface area (Å²) >= 11 is 3.55. The molecular formula is C12H16BrNO2. The van der Waals surface area contributed by atoms with Crippen LogP contribution in [0.25, 0.3) is 0 Å². The van der Waals surface area contributed by atoms with Gasteiger partial charge in [-0.3, -0.25) is 0 Å². The first-order valence-corrected chi connectivity index (χ1v) is 6.13. The molecule has 1 aromatic rings. The fourth-order valence-electron chi connectivity index (χ4n) is 2.21. The van der Waals surface area contributed by atoms with Crippen molar-refractivity contribution in [3.05, 3.63) is 34.3 Å². The van der Waals surface area contributed by atoms with Crippen LogP contribution in [0.4, 0.5) is 0 Å². The van der Waals surface area contributed by atoms with Crippen molar-refractivity contribution in [3.8, 4) is 0 Å². The van der Waals surface area contributed by atoms with Crippen molar-refractivity contribution < 1.29 is 9.84 Å². The van der Waals surface area contributed by atoms with Crippen molar-refractivity contribution in [3.63, 3.8) is 0 Å². The molecule has 1 aliphatic heterocycles. The number of rotatable bonds is 4. The molecule has 0 aromatic heterocycles. The zero-order valence-corrected chi connectivity index (χ0v) is 10.8. The number of hydrogen-bond acceptors (Lipinski definition) is 3. The van der Waals surface area contributed by atoms with Crippen molar-refractivity contribution in [1.82, 2.24) is 5.32 Å². The van der Waals surface area contributed by atoms with E-state index in [2.05, 4.69) is 27.3 Å². The van der Waals surface area contributed by atoms with Gasteiger partial charge in [-0.2, -0.15) is 0 Å². The average Bonchev–Trinajstić information content (AvgIpc) is 2.25. The van der Waals surface area contributed by atoms with Gasteiger partial charge < -0.3 is 15.2 Å². The highest BCUT2D eigenvalue weighted by Gasteiger charge is 2.45. The van der Waals surface area contributed by atoms with Gasteiger partial charge in [-0.05, 0) is 18.7 Å².